The highest BCUT2D eigenvalue weighted by atomic mass is 35.5. The lowest BCUT2D eigenvalue weighted by Gasteiger charge is -2.36. The average molecular weight is 304 g/mol. The highest BCUT2D eigenvalue weighted by Gasteiger charge is 2.19. The number of piperazine rings is 1. The van der Waals surface area contributed by atoms with Crippen LogP contribution in [0.25, 0.3) is 0 Å². The molecule has 3 rings (SSSR count). The van der Waals surface area contributed by atoms with Crippen molar-refractivity contribution in [1.29, 1.82) is 0 Å². The zero-order chi connectivity index (χ0) is 14.7. The lowest BCUT2D eigenvalue weighted by Crippen LogP contribution is -2.47. The highest BCUT2D eigenvalue weighted by Crippen LogP contribution is 2.20. The average Bonchev–Trinajstić information content (AvgIpc) is 2.56. The van der Waals surface area contributed by atoms with E-state index >= 15 is 0 Å². The number of hydrogen-bond donors (Lipinski definition) is 1. The minimum Gasteiger partial charge on any atom is -0.368 e. The molecule has 0 spiro atoms. The molecule has 2 N–H and O–H groups in total. The number of anilines is 2. The Kier molecular flexibility index (Phi) is 4.22. The first-order valence-electron chi connectivity index (χ1n) is 7.03. The molecule has 1 aromatic heterocycles. The van der Waals surface area contributed by atoms with Gasteiger partial charge in [0.15, 0.2) is 0 Å². The molecule has 2 aromatic rings. The summed E-state index contributed by atoms with van der Waals surface area (Å²) in [4.78, 5) is 13.3. The predicted octanol–water partition coefficient (Wildman–Crippen LogP) is 1.92. The van der Waals surface area contributed by atoms with Gasteiger partial charge in [0, 0.05) is 61.4 Å². The molecular weight excluding hydrogens is 286 g/mol. The molecule has 1 saturated heterocycles. The Bertz CT molecular complexity index is 576. The second kappa shape index (κ2) is 6.28. The Balaban J connectivity index is 1.62. The molecule has 1 fully saturated rings. The van der Waals surface area contributed by atoms with Crippen LogP contribution in [-0.4, -0.2) is 36.1 Å². The van der Waals surface area contributed by atoms with Crippen LogP contribution in [0.3, 0.4) is 0 Å². The number of benzene rings is 1. The van der Waals surface area contributed by atoms with E-state index in [0.29, 0.717) is 6.54 Å². The molecule has 1 aromatic carbocycles. The zero-order valence-corrected chi connectivity index (χ0v) is 12.5. The molecule has 0 unspecified atom stereocenters. The van der Waals surface area contributed by atoms with Crippen LogP contribution < -0.4 is 15.5 Å². The first kappa shape index (κ1) is 14.1. The summed E-state index contributed by atoms with van der Waals surface area (Å²) in [5, 5.41) is 0.769. The van der Waals surface area contributed by atoms with E-state index in [-0.39, 0.29) is 0 Å². The Morgan fingerprint density at radius 2 is 1.52 bits per heavy atom. The summed E-state index contributed by atoms with van der Waals surface area (Å²) in [6, 6.07) is 7.98. The zero-order valence-electron chi connectivity index (χ0n) is 11.7. The Morgan fingerprint density at radius 1 is 0.952 bits per heavy atom. The molecular formula is C15H18ClN5. The number of rotatable bonds is 3. The molecule has 1 aliphatic heterocycles. The van der Waals surface area contributed by atoms with E-state index in [1.807, 2.05) is 12.1 Å². The summed E-state index contributed by atoms with van der Waals surface area (Å²) in [6.45, 7) is 4.19. The molecule has 1 aliphatic rings. The van der Waals surface area contributed by atoms with Crippen molar-refractivity contribution >= 4 is 23.2 Å². The summed E-state index contributed by atoms with van der Waals surface area (Å²) in [7, 11) is 0. The molecule has 110 valence electrons. The van der Waals surface area contributed by atoms with Crippen molar-refractivity contribution in [3.05, 3.63) is 47.2 Å². The van der Waals surface area contributed by atoms with Gasteiger partial charge < -0.3 is 15.5 Å². The Hall–Kier alpha value is -1.85. The fourth-order valence-corrected chi connectivity index (χ4v) is 2.56. The standard InChI is InChI=1S/C15H18ClN5/c16-13-1-3-14(4-2-13)20-5-7-21(8-6-20)15-18-10-12(9-17)11-19-15/h1-4,10-11H,5-9,17H2. The van der Waals surface area contributed by atoms with Crippen molar-refractivity contribution in [3.63, 3.8) is 0 Å². The molecule has 2 heterocycles. The van der Waals surface area contributed by atoms with E-state index in [4.69, 9.17) is 17.3 Å². The van der Waals surface area contributed by atoms with Crippen molar-refractivity contribution in [2.75, 3.05) is 36.0 Å². The van der Waals surface area contributed by atoms with E-state index in [1.54, 1.807) is 12.4 Å². The largest absolute Gasteiger partial charge is 0.368 e. The molecule has 0 amide bonds. The fourth-order valence-electron chi connectivity index (χ4n) is 2.43. The summed E-state index contributed by atoms with van der Waals surface area (Å²) < 4.78 is 0. The van der Waals surface area contributed by atoms with Crippen LogP contribution in [0.4, 0.5) is 11.6 Å². The molecule has 21 heavy (non-hydrogen) atoms. The van der Waals surface area contributed by atoms with Gasteiger partial charge in [-0.1, -0.05) is 11.6 Å². The van der Waals surface area contributed by atoms with E-state index in [1.165, 1.54) is 5.69 Å². The van der Waals surface area contributed by atoms with Gasteiger partial charge in [0.2, 0.25) is 5.95 Å². The monoisotopic (exact) mass is 303 g/mol. The number of aromatic nitrogens is 2. The molecule has 0 atom stereocenters. The van der Waals surface area contributed by atoms with Gasteiger partial charge in [-0.25, -0.2) is 9.97 Å². The van der Waals surface area contributed by atoms with Crippen LogP contribution in [0, 0.1) is 0 Å². The van der Waals surface area contributed by atoms with Crippen molar-refractivity contribution in [2.45, 2.75) is 6.54 Å². The third-order valence-electron chi connectivity index (χ3n) is 3.68. The lowest BCUT2D eigenvalue weighted by atomic mass is 10.2. The number of nitrogens with two attached hydrogens (primary N) is 1. The molecule has 0 bridgehead atoms. The molecule has 0 aliphatic carbocycles. The highest BCUT2D eigenvalue weighted by molar-refractivity contribution is 6.30. The van der Waals surface area contributed by atoms with Crippen LogP contribution in [0.1, 0.15) is 5.56 Å². The molecule has 5 nitrogen and oxygen atoms in total. The van der Waals surface area contributed by atoms with Gasteiger partial charge >= 0.3 is 0 Å². The minimum absolute atomic E-state index is 0.477. The normalized spacial score (nSPS) is 15.3. The number of hydrogen-bond acceptors (Lipinski definition) is 5. The van der Waals surface area contributed by atoms with Crippen LogP contribution in [-0.2, 0) is 6.54 Å². The Labute approximate surface area is 129 Å². The smallest absolute Gasteiger partial charge is 0.225 e. The lowest BCUT2D eigenvalue weighted by molar-refractivity contribution is 0.639. The maximum Gasteiger partial charge on any atom is 0.225 e. The number of halogens is 1. The van der Waals surface area contributed by atoms with Gasteiger partial charge in [0.25, 0.3) is 0 Å². The van der Waals surface area contributed by atoms with Crippen molar-refractivity contribution < 1.29 is 0 Å². The van der Waals surface area contributed by atoms with Gasteiger partial charge in [-0.15, -0.1) is 0 Å². The van der Waals surface area contributed by atoms with Gasteiger partial charge in [0.1, 0.15) is 0 Å². The third-order valence-corrected chi connectivity index (χ3v) is 3.93. The summed E-state index contributed by atoms with van der Waals surface area (Å²) >= 11 is 5.93. The van der Waals surface area contributed by atoms with Crippen LogP contribution in [0.2, 0.25) is 5.02 Å². The van der Waals surface area contributed by atoms with Gasteiger partial charge in [0.05, 0.1) is 0 Å². The van der Waals surface area contributed by atoms with Gasteiger partial charge in [-0.2, -0.15) is 0 Å². The minimum atomic E-state index is 0.477. The van der Waals surface area contributed by atoms with Gasteiger partial charge in [-0.3, -0.25) is 0 Å². The maximum atomic E-state index is 5.93. The summed E-state index contributed by atoms with van der Waals surface area (Å²) in [5.41, 5.74) is 7.73. The van der Waals surface area contributed by atoms with Crippen molar-refractivity contribution in [1.82, 2.24) is 9.97 Å². The molecule has 6 heteroatoms. The van der Waals surface area contributed by atoms with Gasteiger partial charge in [-0.05, 0) is 24.3 Å². The first-order chi connectivity index (χ1) is 10.3. The molecule has 0 radical (unpaired) electrons. The first-order valence-corrected chi connectivity index (χ1v) is 7.40. The van der Waals surface area contributed by atoms with Crippen LogP contribution in [0.5, 0.6) is 0 Å². The molecule has 0 saturated carbocycles. The number of nitrogens with zero attached hydrogens (tertiary/aromatic N) is 4. The fraction of sp³-hybridized carbons (Fsp3) is 0.333. The van der Waals surface area contributed by atoms with Crippen LogP contribution >= 0.6 is 11.6 Å². The predicted molar refractivity (Wildman–Crippen MR) is 85.8 cm³/mol. The quantitative estimate of drug-likeness (QED) is 0.939. The van der Waals surface area contributed by atoms with E-state index < -0.39 is 0 Å². The van der Waals surface area contributed by atoms with Crippen LogP contribution in [0.15, 0.2) is 36.7 Å². The summed E-state index contributed by atoms with van der Waals surface area (Å²) in [5.74, 6) is 0.781. The topological polar surface area (TPSA) is 58.3 Å². The van der Waals surface area contributed by atoms with E-state index in [0.717, 1.165) is 42.7 Å². The van der Waals surface area contributed by atoms with Crippen molar-refractivity contribution in [3.8, 4) is 0 Å². The second-order valence-electron chi connectivity index (χ2n) is 5.05. The third kappa shape index (κ3) is 3.25. The second-order valence-corrected chi connectivity index (χ2v) is 5.48. The Morgan fingerprint density at radius 3 is 2.10 bits per heavy atom. The van der Waals surface area contributed by atoms with Crippen molar-refractivity contribution in [2.24, 2.45) is 5.73 Å². The summed E-state index contributed by atoms with van der Waals surface area (Å²) in [6.07, 6.45) is 3.60. The maximum absolute atomic E-state index is 5.93. The van der Waals surface area contributed by atoms with E-state index in [2.05, 4.69) is 31.9 Å². The van der Waals surface area contributed by atoms with E-state index in [9.17, 15) is 0 Å². The SMILES string of the molecule is NCc1cnc(N2CCN(c3ccc(Cl)cc3)CC2)nc1.